The van der Waals surface area contributed by atoms with Crippen LogP contribution < -0.4 is 5.32 Å². The number of piperidine rings is 1. The Kier molecular flexibility index (Phi) is 6.29. The molecule has 1 saturated heterocycles. The molecule has 4 nitrogen and oxygen atoms in total. The quantitative estimate of drug-likeness (QED) is 0.665. The smallest absolute Gasteiger partial charge is 0.194 e. The van der Waals surface area contributed by atoms with Crippen molar-refractivity contribution in [1.82, 2.24) is 10.2 Å². The van der Waals surface area contributed by atoms with Crippen molar-refractivity contribution < 1.29 is 4.74 Å². The molecule has 0 aliphatic carbocycles. The minimum Gasteiger partial charge on any atom is -0.378 e. The number of rotatable bonds is 5. The molecule has 0 radical (unpaired) electrons. The van der Waals surface area contributed by atoms with E-state index >= 15 is 0 Å². The highest BCUT2D eigenvalue weighted by Gasteiger charge is 2.21. The van der Waals surface area contributed by atoms with Crippen LogP contribution in [-0.2, 0) is 11.3 Å². The molecule has 0 aromatic heterocycles. The molecule has 0 spiro atoms. The molecular weight excluding hydrogens is 310 g/mol. The Balaban J connectivity index is 1.67. The van der Waals surface area contributed by atoms with Crippen LogP contribution in [0.1, 0.15) is 32.3 Å². The average molecular weight is 339 g/mol. The second-order valence-corrected chi connectivity index (χ2v) is 6.49. The van der Waals surface area contributed by atoms with Crippen LogP contribution in [0.4, 0.5) is 0 Å². The Labute approximate surface area is 150 Å². The van der Waals surface area contributed by atoms with E-state index in [-0.39, 0.29) is 0 Å². The fourth-order valence-electron chi connectivity index (χ4n) is 3.40. The number of ether oxygens (including phenoxy) is 1. The number of hydrogen-bond donors (Lipinski definition) is 1. The Hall–Kier alpha value is -2.07. The van der Waals surface area contributed by atoms with Crippen molar-refractivity contribution >= 4 is 16.7 Å². The van der Waals surface area contributed by atoms with Gasteiger partial charge < -0.3 is 15.0 Å². The molecule has 1 aliphatic rings. The number of benzene rings is 2. The number of fused-ring (bicyclic) bond motifs is 1. The normalized spacial score (nSPS) is 16.4. The number of likely N-dealkylation sites (tertiary alicyclic amines) is 1. The Morgan fingerprint density at radius 2 is 1.88 bits per heavy atom. The second-order valence-electron chi connectivity index (χ2n) is 6.49. The first-order valence-corrected chi connectivity index (χ1v) is 9.42. The van der Waals surface area contributed by atoms with Crippen LogP contribution in [-0.4, -0.2) is 43.2 Å². The Bertz CT molecular complexity index is 705. The minimum atomic E-state index is 0.407. The molecule has 1 heterocycles. The summed E-state index contributed by atoms with van der Waals surface area (Å²) in [5.41, 5.74) is 1.25. The largest absolute Gasteiger partial charge is 0.378 e. The van der Waals surface area contributed by atoms with Gasteiger partial charge in [0, 0.05) is 26.2 Å². The maximum atomic E-state index is 5.75. The van der Waals surface area contributed by atoms with E-state index in [2.05, 4.69) is 66.5 Å². The predicted octanol–water partition coefficient (Wildman–Crippen LogP) is 3.81. The first kappa shape index (κ1) is 17.7. The molecule has 1 aliphatic heterocycles. The third kappa shape index (κ3) is 4.73. The SMILES string of the molecule is CCNC(=NCc1ccc2ccccc2c1)N1CCC(OCC)CC1. The van der Waals surface area contributed by atoms with Crippen molar-refractivity contribution in [3.63, 3.8) is 0 Å². The molecule has 0 amide bonds. The van der Waals surface area contributed by atoms with Crippen molar-refractivity contribution in [3.8, 4) is 0 Å². The molecule has 3 rings (SSSR count). The number of hydrogen-bond acceptors (Lipinski definition) is 2. The maximum absolute atomic E-state index is 5.75. The van der Waals surface area contributed by atoms with Crippen LogP contribution in [0.5, 0.6) is 0 Å². The Morgan fingerprint density at radius 1 is 1.12 bits per heavy atom. The number of aliphatic imine (C=N–C) groups is 1. The van der Waals surface area contributed by atoms with Crippen molar-refractivity contribution in [2.45, 2.75) is 39.3 Å². The lowest BCUT2D eigenvalue weighted by atomic mass is 10.1. The van der Waals surface area contributed by atoms with Gasteiger partial charge in [-0.1, -0.05) is 36.4 Å². The summed E-state index contributed by atoms with van der Waals surface area (Å²) in [6, 6.07) is 15.1. The molecule has 1 N–H and O–H groups in total. The molecule has 2 aromatic carbocycles. The van der Waals surface area contributed by atoms with Gasteiger partial charge >= 0.3 is 0 Å². The molecule has 1 fully saturated rings. The topological polar surface area (TPSA) is 36.9 Å². The lowest BCUT2D eigenvalue weighted by molar-refractivity contribution is 0.0263. The van der Waals surface area contributed by atoms with Gasteiger partial charge in [-0.3, -0.25) is 0 Å². The van der Waals surface area contributed by atoms with Crippen LogP contribution in [0, 0.1) is 0 Å². The molecule has 25 heavy (non-hydrogen) atoms. The van der Waals surface area contributed by atoms with Crippen LogP contribution in [0.3, 0.4) is 0 Å². The number of nitrogens with zero attached hydrogens (tertiary/aromatic N) is 2. The molecule has 4 heteroatoms. The summed E-state index contributed by atoms with van der Waals surface area (Å²) < 4.78 is 5.75. The summed E-state index contributed by atoms with van der Waals surface area (Å²) in [6.07, 6.45) is 2.56. The molecule has 0 atom stereocenters. The van der Waals surface area contributed by atoms with Crippen molar-refractivity contribution in [1.29, 1.82) is 0 Å². The third-order valence-electron chi connectivity index (χ3n) is 4.70. The summed E-state index contributed by atoms with van der Waals surface area (Å²) in [6.45, 7) is 8.61. The highest BCUT2D eigenvalue weighted by atomic mass is 16.5. The average Bonchev–Trinajstić information content (AvgIpc) is 2.66. The van der Waals surface area contributed by atoms with Crippen LogP contribution in [0.25, 0.3) is 10.8 Å². The summed E-state index contributed by atoms with van der Waals surface area (Å²) >= 11 is 0. The summed E-state index contributed by atoms with van der Waals surface area (Å²) in [5, 5.41) is 6.00. The fourth-order valence-corrected chi connectivity index (χ4v) is 3.40. The summed E-state index contributed by atoms with van der Waals surface area (Å²) in [5.74, 6) is 1.02. The molecule has 0 unspecified atom stereocenters. The van der Waals surface area contributed by atoms with Gasteiger partial charge in [-0.05, 0) is 49.1 Å². The highest BCUT2D eigenvalue weighted by molar-refractivity contribution is 5.83. The lowest BCUT2D eigenvalue weighted by Gasteiger charge is -2.34. The zero-order valence-corrected chi connectivity index (χ0v) is 15.4. The standard InChI is InChI=1S/C21H29N3O/c1-3-22-21(24-13-11-20(12-14-24)25-4-2)23-16-17-9-10-18-7-5-6-8-19(18)15-17/h5-10,15,20H,3-4,11-14,16H2,1-2H3,(H,22,23). The first-order chi connectivity index (χ1) is 12.3. The molecule has 134 valence electrons. The van der Waals surface area contributed by atoms with Crippen molar-refractivity contribution in [2.75, 3.05) is 26.2 Å². The highest BCUT2D eigenvalue weighted by Crippen LogP contribution is 2.17. The molecular formula is C21H29N3O. The molecule has 0 bridgehead atoms. The third-order valence-corrected chi connectivity index (χ3v) is 4.70. The van der Waals surface area contributed by atoms with E-state index in [1.165, 1.54) is 16.3 Å². The number of guanidine groups is 1. The van der Waals surface area contributed by atoms with E-state index in [9.17, 15) is 0 Å². The van der Waals surface area contributed by atoms with Gasteiger partial charge in [0.25, 0.3) is 0 Å². The van der Waals surface area contributed by atoms with E-state index in [1.807, 2.05) is 0 Å². The number of nitrogens with one attached hydrogen (secondary N) is 1. The summed E-state index contributed by atoms with van der Waals surface area (Å²) in [7, 11) is 0. The van der Waals surface area contributed by atoms with Crippen molar-refractivity contribution in [3.05, 3.63) is 48.0 Å². The monoisotopic (exact) mass is 339 g/mol. The van der Waals surface area contributed by atoms with Gasteiger partial charge in [0.15, 0.2) is 5.96 Å². The molecule has 2 aromatic rings. The van der Waals surface area contributed by atoms with Crippen LogP contribution in [0.15, 0.2) is 47.5 Å². The van der Waals surface area contributed by atoms with Gasteiger partial charge in [-0.25, -0.2) is 4.99 Å². The van der Waals surface area contributed by atoms with Gasteiger partial charge in [0.1, 0.15) is 0 Å². The first-order valence-electron chi connectivity index (χ1n) is 9.42. The van der Waals surface area contributed by atoms with E-state index in [0.717, 1.165) is 45.0 Å². The van der Waals surface area contributed by atoms with E-state index in [0.29, 0.717) is 12.6 Å². The van der Waals surface area contributed by atoms with Crippen LogP contribution in [0.2, 0.25) is 0 Å². The van der Waals surface area contributed by atoms with Crippen molar-refractivity contribution in [2.24, 2.45) is 4.99 Å². The fraction of sp³-hybridized carbons (Fsp3) is 0.476. The van der Waals surface area contributed by atoms with E-state index < -0.39 is 0 Å². The van der Waals surface area contributed by atoms with Gasteiger partial charge in [-0.15, -0.1) is 0 Å². The minimum absolute atomic E-state index is 0.407. The van der Waals surface area contributed by atoms with Gasteiger partial charge in [-0.2, -0.15) is 0 Å². The van der Waals surface area contributed by atoms with Gasteiger partial charge in [0.2, 0.25) is 0 Å². The molecule has 0 saturated carbocycles. The van der Waals surface area contributed by atoms with Gasteiger partial charge in [0.05, 0.1) is 12.6 Å². The zero-order chi connectivity index (χ0) is 17.5. The predicted molar refractivity (Wildman–Crippen MR) is 105 cm³/mol. The lowest BCUT2D eigenvalue weighted by Crippen LogP contribution is -2.47. The van der Waals surface area contributed by atoms with E-state index in [4.69, 9.17) is 9.73 Å². The second kappa shape index (κ2) is 8.86. The Morgan fingerprint density at radius 3 is 2.60 bits per heavy atom. The zero-order valence-electron chi connectivity index (χ0n) is 15.4. The maximum Gasteiger partial charge on any atom is 0.194 e. The summed E-state index contributed by atoms with van der Waals surface area (Å²) in [4.78, 5) is 7.24. The van der Waals surface area contributed by atoms with Crippen LogP contribution >= 0.6 is 0 Å². The van der Waals surface area contributed by atoms with E-state index in [1.54, 1.807) is 0 Å².